The van der Waals surface area contributed by atoms with Crippen molar-refractivity contribution < 1.29 is 14.1 Å². The zero-order chi connectivity index (χ0) is 16.8. The maximum atomic E-state index is 12.3. The van der Waals surface area contributed by atoms with Gasteiger partial charge in [-0.15, -0.1) is 0 Å². The first-order chi connectivity index (χ1) is 11.7. The van der Waals surface area contributed by atoms with Gasteiger partial charge in [-0.05, 0) is 31.2 Å². The van der Waals surface area contributed by atoms with Crippen LogP contribution >= 0.6 is 11.8 Å². The van der Waals surface area contributed by atoms with Crippen LogP contribution in [0.2, 0.25) is 0 Å². The minimum atomic E-state index is -0.424. The standard InChI is InChI=1S/C17H15N3O3S/c1-12-9-14(20-23-12)11-24-16-15(6-4-8-19-16)17(21)22-10-13-5-2-3-7-18-13/h2-9H,10-11H2,1H3. The summed E-state index contributed by atoms with van der Waals surface area (Å²) < 4.78 is 10.4. The van der Waals surface area contributed by atoms with Gasteiger partial charge >= 0.3 is 5.97 Å². The Balaban J connectivity index is 1.65. The number of hydrogen-bond acceptors (Lipinski definition) is 7. The molecule has 3 aromatic heterocycles. The first-order valence-corrected chi connectivity index (χ1v) is 8.28. The second kappa shape index (κ2) is 7.74. The highest BCUT2D eigenvalue weighted by Gasteiger charge is 2.15. The van der Waals surface area contributed by atoms with E-state index >= 15 is 0 Å². The summed E-state index contributed by atoms with van der Waals surface area (Å²) in [6.07, 6.45) is 3.31. The summed E-state index contributed by atoms with van der Waals surface area (Å²) >= 11 is 1.41. The summed E-state index contributed by atoms with van der Waals surface area (Å²) in [6.45, 7) is 1.96. The SMILES string of the molecule is Cc1cc(CSc2ncccc2C(=O)OCc2ccccn2)no1. The van der Waals surface area contributed by atoms with Crippen LogP contribution < -0.4 is 0 Å². The molecule has 3 aromatic rings. The van der Waals surface area contributed by atoms with Crippen molar-refractivity contribution in [1.82, 2.24) is 15.1 Å². The van der Waals surface area contributed by atoms with Crippen LogP contribution in [0, 0.1) is 6.92 Å². The van der Waals surface area contributed by atoms with Crippen molar-refractivity contribution in [2.24, 2.45) is 0 Å². The smallest absolute Gasteiger partial charge is 0.341 e. The van der Waals surface area contributed by atoms with Gasteiger partial charge in [-0.3, -0.25) is 4.98 Å². The van der Waals surface area contributed by atoms with Gasteiger partial charge in [0.15, 0.2) is 0 Å². The van der Waals surface area contributed by atoms with Crippen molar-refractivity contribution in [3.05, 3.63) is 71.5 Å². The molecular weight excluding hydrogens is 326 g/mol. The molecule has 0 atom stereocenters. The summed E-state index contributed by atoms with van der Waals surface area (Å²) in [5, 5.41) is 4.53. The fourth-order valence-electron chi connectivity index (χ4n) is 1.99. The third kappa shape index (κ3) is 4.20. The van der Waals surface area contributed by atoms with E-state index in [9.17, 15) is 4.79 Å². The monoisotopic (exact) mass is 341 g/mol. The predicted octanol–water partition coefficient (Wildman–Crippen LogP) is 3.42. The van der Waals surface area contributed by atoms with Crippen molar-refractivity contribution in [3.63, 3.8) is 0 Å². The molecule has 7 heteroatoms. The lowest BCUT2D eigenvalue weighted by molar-refractivity contribution is 0.0462. The van der Waals surface area contributed by atoms with Crippen molar-refractivity contribution in [1.29, 1.82) is 0 Å². The lowest BCUT2D eigenvalue weighted by atomic mass is 10.3. The first kappa shape index (κ1) is 16.2. The highest BCUT2D eigenvalue weighted by molar-refractivity contribution is 7.98. The van der Waals surface area contributed by atoms with Crippen LogP contribution in [0.5, 0.6) is 0 Å². The molecule has 24 heavy (non-hydrogen) atoms. The molecule has 0 saturated carbocycles. The van der Waals surface area contributed by atoms with Gasteiger partial charge in [0, 0.05) is 24.2 Å². The van der Waals surface area contributed by atoms with Crippen molar-refractivity contribution in [3.8, 4) is 0 Å². The number of thioether (sulfide) groups is 1. The maximum Gasteiger partial charge on any atom is 0.341 e. The molecular formula is C17H15N3O3S. The number of ether oxygens (including phenoxy) is 1. The van der Waals surface area contributed by atoms with Crippen LogP contribution in [0.1, 0.15) is 27.5 Å². The van der Waals surface area contributed by atoms with E-state index < -0.39 is 5.97 Å². The van der Waals surface area contributed by atoms with Crippen LogP contribution in [0.25, 0.3) is 0 Å². The van der Waals surface area contributed by atoms with Crippen molar-refractivity contribution in [2.45, 2.75) is 24.3 Å². The van der Waals surface area contributed by atoms with E-state index in [4.69, 9.17) is 9.26 Å². The molecule has 0 aliphatic rings. The molecule has 0 N–H and O–H groups in total. The Bertz CT molecular complexity index is 821. The Morgan fingerprint density at radius 2 is 2.04 bits per heavy atom. The van der Waals surface area contributed by atoms with Gasteiger partial charge in [-0.2, -0.15) is 0 Å². The van der Waals surface area contributed by atoms with Crippen molar-refractivity contribution >= 4 is 17.7 Å². The lowest BCUT2D eigenvalue weighted by Gasteiger charge is -2.07. The van der Waals surface area contributed by atoms with E-state index in [1.165, 1.54) is 11.8 Å². The molecule has 122 valence electrons. The molecule has 0 aromatic carbocycles. The molecule has 6 nitrogen and oxygen atoms in total. The average Bonchev–Trinajstić information content (AvgIpc) is 3.04. The van der Waals surface area contributed by atoms with Gasteiger partial charge in [0.05, 0.1) is 17.0 Å². The fourth-order valence-corrected chi connectivity index (χ4v) is 2.85. The molecule has 0 saturated heterocycles. The van der Waals surface area contributed by atoms with E-state index in [1.807, 2.05) is 25.1 Å². The number of aromatic nitrogens is 3. The highest BCUT2D eigenvalue weighted by atomic mass is 32.2. The first-order valence-electron chi connectivity index (χ1n) is 7.29. The van der Waals surface area contributed by atoms with E-state index in [0.717, 1.165) is 11.5 Å². The Morgan fingerprint density at radius 3 is 2.79 bits per heavy atom. The number of carbonyl (C=O) groups excluding carboxylic acids is 1. The summed E-state index contributed by atoms with van der Waals surface area (Å²) in [6, 6.07) is 10.7. The second-order valence-corrected chi connectivity index (χ2v) is 5.93. The minimum Gasteiger partial charge on any atom is -0.456 e. The number of pyridine rings is 2. The van der Waals surface area contributed by atoms with Gasteiger partial charge in [0.25, 0.3) is 0 Å². The van der Waals surface area contributed by atoms with Gasteiger partial charge in [0.2, 0.25) is 0 Å². The van der Waals surface area contributed by atoms with Gasteiger partial charge in [-0.1, -0.05) is 23.0 Å². The number of hydrogen-bond donors (Lipinski definition) is 0. The lowest BCUT2D eigenvalue weighted by Crippen LogP contribution is -2.08. The minimum absolute atomic E-state index is 0.126. The molecule has 0 radical (unpaired) electrons. The zero-order valence-electron chi connectivity index (χ0n) is 13.0. The number of aryl methyl sites for hydroxylation is 1. The molecule has 0 amide bonds. The Hall–Kier alpha value is -2.67. The zero-order valence-corrected chi connectivity index (χ0v) is 13.8. The number of carbonyl (C=O) groups is 1. The topological polar surface area (TPSA) is 78.1 Å². The molecule has 0 bridgehead atoms. The normalized spacial score (nSPS) is 10.5. The van der Waals surface area contributed by atoms with Crippen LogP contribution in [0.15, 0.2) is 58.3 Å². The largest absolute Gasteiger partial charge is 0.456 e. The van der Waals surface area contributed by atoms with E-state index in [-0.39, 0.29) is 6.61 Å². The Kier molecular flexibility index (Phi) is 5.22. The predicted molar refractivity (Wildman–Crippen MR) is 88.4 cm³/mol. The Labute approximate surface area is 143 Å². The summed E-state index contributed by atoms with van der Waals surface area (Å²) in [5.41, 5.74) is 1.93. The molecule has 0 aliphatic heterocycles. The molecule has 0 aliphatic carbocycles. The molecule has 0 spiro atoms. The van der Waals surface area contributed by atoms with Gasteiger partial charge < -0.3 is 9.26 Å². The molecule has 0 unspecified atom stereocenters. The molecule has 3 heterocycles. The van der Waals surface area contributed by atoms with Crippen LogP contribution in [-0.4, -0.2) is 21.1 Å². The number of nitrogens with zero attached hydrogens (tertiary/aromatic N) is 3. The van der Waals surface area contributed by atoms with E-state index in [0.29, 0.717) is 22.0 Å². The van der Waals surface area contributed by atoms with E-state index in [1.54, 1.807) is 30.6 Å². The third-order valence-corrected chi connectivity index (χ3v) is 4.14. The third-order valence-electron chi connectivity index (χ3n) is 3.10. The van der Waals surface area contributed by atoms with Crippen molar-refractivity contribution in [2.75, 3.05) is 0 Å². The summed E-state index contributed by atoms with van der Waals surface area (Å²) in [4.78, 5) is 20.7. The van der Waals surface area contributed by atoms with Crippen LogP contribution in [0.4, 0.5) is 0 Å². The summed E-state index contributed by atoms with van der Waals surface area (Å²) in [7, 11) is 0. The highest BCUT2D eigenvalue weighted by Crippen LogP contribution is 2.24. The number of rotatable bonds is 6. The quantitative estimate of drug-likeness (QED) is 0.502. The second-order valence-electron chi connectivity index (χ2n) is 4.97. The van der Waals surface area contributed by atoms with Crippen LogP contribution in [0.3, 0.4) is 0 Å². The van der Waals surface area contributed by atoms with Gasteiger partial charge in [0.1, 0.15) is 17.4 Å². The fraction of sp³-hybridized carbons (Fsp3) is 0.176. The molecule has 3 rings (SSSR count). The average molecular weight is 341 g/mol. The van der Waals surface area contributed by atoms with Crippen LogP contribution in [-0.2, 0) is 17.1 Å². The summed E-state index contributed by atoms with van der Waals surface area (Å²) in [5.74, 6) is 0.892. The number of esters is 1. The molecule has 0 fully saturated rings. The Morgan fingerprint density at radius 1 is 1.17 bits per heavy atom. The maximum absolute atomic E-state index is 12.3. The van der Waals surface area contributed by atoms with E-state index in [2.05, 4.69) is 15.1 Å². The van der Waals surface area contributed by atoms with Gasteiger partial charge in [-0.25, -0.2) is 9.78 Å².